The summed E-state index contributed by atoms with van der Waals surface area (Å²) in [5, 5.41) is 0. The molecule has 0 unspecified atom stereocenters. The van der Waals surface area contributed by atoms with Gasteiger partial charge in [0.05, 0.1) is 20.3 Å². The maximum Gasteiger partial charge on any atom is 0.342 e. The quantitative estimate of drug-likeness (QED) is 0.371. The Bertz CT molecular complexity index is 1170. The standard InChI is InChI=1S/C29H35N3O5/c1-21(2)37-29(33)25-6-5-13-30-28(25)32-16-14-31(15-17-32)19-22-7-10-24(11-8-22)36-20-23-9-12-26(34-3)27(18-23)35-4/h5-13,18,21H,14-17,19-20H2,1-4H3. The molecule has 1 aromatic heterocycles. The number of aromatic nitrogens is 1. The lowest BCUT2D eigenvalue weighted by molar-refractivity contribution is 0.0378. The monoisotopic (exact) mass is 505 g/mol. The van der Waals surface area contributed by atoms with Crippen LogP contribution in [0.25, 0.3) is 0 Å². The minimum Gasteiger partial charge on any atom is -0.493 e. The lowest BCUT2D eigenvalue weighted by Crippen LogP contribution is -2.46. The minimum absolute atomic E-state index is 0.167. The van der Waals surface area contributed by atoms with Crippen LogP contribution in [0.1, 0.15) is 35.3 Å². The molecule has 196 valence electrons. The van der Waals surface area contributed by atoms with Gasteiger partial charge in [-0.1, -0.05) is 18.2 Å². The molecule has 0 bridgehead atoms. The normalized spacial score (nSPS) is 13.9. The van der Waals surface area contributed by atoms with Crippen LogP contribution < -0.4 is 19.1 Å². The van der Waals surface area contributed by atoms with E-state index in [1.165, 1.54) is 5.56 Å². The van der Waals surface area contributed by atoms with Crippen molar-refractivity contribution in [3.05, 3.63) is 77.5 Å². The van der Waals surface area contributed by atoms with Crippen molar-refractivity contribution < 1.29 is 23.7 Å². The maximum absolute atomic E-state index is 12.5. The summed E-state index contributed by atoms with van der Waals surface area (Å²) in [6.45, 7) is 8.36. The average molecular weight is 506 g/mol. The number of hydrogen-bond acceptors (Lipinski definition) is 8. The van der Waals surface area contributed by atoms with E-state index < -0.39 is 0 Å². The number of rotatable bonds is 10. The summed E-state index contributed by atoms with van der Waals surface area (Å²) >= 11 is 0. The molecule has 8 nitrogen and oxygen atoms in total. The zero-order valence-corrected chi connectivity index (χ0v) is 22.0. The van der Waals surface area contributed by atoms with Crippen LogP contribution in [0.5, 0.6) is 17.2 Å². The lowest BCUT2D eigenvalue weighted by atomic mass is 10.1. The summed E-state index contributed by atoms with van der Waals surface area (Å²) in [4.78, 5) is 21.6. The van der Waals surface area contributed by atoms with Crippen molar-refractivity contribution in [2.24, 2.45) is 0 Å². The SMILES string of the molecule is COc1ccc(COc2ccc(CN3CCN(c4ncccc4C(=O)OC(C)C)CC3)cc2)cc1OC. The summed E-state index contributed by atoms with van der Waals surface area (Å²) in [6.07, 6.45) is 1.56. The summed E-state index contributed by atoms with van der Waals surface area (Å²) in [5.41, 5.74) is 2.76. The molecule has 0 amide bonds. The number of methoxy groups -OCH3 is 2. The van der Waals surface area contributed by atoms with Crippen molar-refractivity contribution in [3.8, 4) is 17.2 Å². The number of esters is 1. The average Bonchev–Trinajstić information content (AvgIpc) is 2.92. The smallest absolute Gasteiger partial charge is 0.342 e. The molecule has 0 aliphatic carbocycles. The van der Waals surface area contributed by atoms with Gasteiger partial charge in [-0.25, -0.2) is 9.78 Å². The van der Waals surface area contributed by atoms with Gasteiger partial charge in [0.2, 0.25) is 0 Å². The van der Waals surface area contributed by atoms with Crippen LogP contribution >= 0.6 is 0 Å². The Balaban J connectivity index is 1.28. The van der Waals surface area contributed by atoms with Crippen molar-refractivity contribution in [2.75, 3.05) is 45.3 Å². The van der Waals surface area contributed by atoms with Crippen LogP contribution in [0.15, 0.2) is 60.8 Å². The molecular formula is C29H35N3O5. The summed E-state index contributed by atoms with van der Waals surface area (Å²) in [6, 6.07) is 17.6. The van der Waals surface area contributed by atoms with Gasteiger partial charge in [0.15, 0.2) is 11.5 Å². The second kappa shape index (κ2) is 12.5. The molecule has 2 aromatic carbocycles. The molecule has 2 heterocycles. The van der Waals surface area contributed by atoms with Crippen LogP contribution in [0.4, 0.5) is 5.82 Å². The first-order valence-electron chi connectivity index (χ1n) is 12.5. The second-order valence-corrected chi connectivity index (χ2v) is 9.21. The van der Waals surface area contributed by atoms with E-state index >= 15 is 0 Å². The van der Waals surface area contributed by atoms with Crippen molar-refractivity contribution in [3.63, 3.8) is 0 Å². The molecule has 1 aliphatic heterocycles. The van der Waals surface area contributed by atoms with Crippen molar-refractivity contribution in [1.82, 2.24) is 9.88 Å². The van der Waals surface area contributed by atoms with Gasteiger partial charge in [-0.15, -0.1) is 0 Å². The molecule has 8 heteroatoms. The molecule has 37 heavy (non-hydrogen) atoms. The van der Waals surface area contributed by atoms with Crippen LogP contribution in [0.2, 0.25) is 0 Å². The molecule has 0 spiro atoms. The number of anilines is 1. The number of nitrogens with zero attached hydrogens (tertiary/aromatic N) is 3. The largest absolute Gasteiger partial charge is 0.493 e. The molecular weight excluding hydrogens is 470 g/mol. The predicted octanol–water partition coefficient (Wildman–Crippen LogP) is 4.57. The molecule has 0 saturated carbocycles. The first kappa shape index (κ1) is 26.3. The number of pyridine rings is 1. The summed E-state index contributed by atoms with van der Waals surface area (Å²) < 4.78 is 22.0. The third kappa shape index (κ3) is 6.92. The summed E-state index contributed by atoms with van der Waals surface area (Å²) in [7, 11) is 3.25. The highest BCUT2D eigenvalue weighted by atomic mass is 16.5. The highest BCUT2D eigenvalue weighted by Crippen LogP contribution is 2.28. The number of carbonyl (C=O) groups is 1. The Kier molecular flexibility index (Phi) is 8.85. The van der Waals surface area contributed by atoms with Crippen molar-refractivity contribution in [2.45, 2.75) is 33.1 Å². The Morgan fingerprint density at radius 1 is 0.919 bits per heavy atom. The fourth-order valence-corrected chi connectivity index (χ4v) is 4.29. The Morgan fingerprint density at radius 2 is 1.62 bits per heavy atom. The molecule has 0 radical (unpaired) electrons. The molecule has 4 rings (SSSR count). The molecule has 0 N–H and O–H groups in total. The number of piperazine rings is 1. The van der Waals surface area contributed by atoms with E-state index in [4.69, 9.17) is 18.9 Å². The van der Waals surface area contributed by atoms with Crippen LogP contribution in [-0.4, -0.2) is 62.4 Å². The third-order valence-electron chi connectivity index (χ3n) is 6.20. The Labute approximate surface area is 218 Å². The fourth-order valence-electron chi connectivity index (χ4n) is 4.29. The highest BCUT2D eigenvalue weighted by molar-refractivity contribution is 5.94. The lowest BCUT2D eigenvalue weighted by Gasteiger charge is -2.36. The van der Waals surface area contributed by atoms with Gasteiger partial charge in [-0.3, -0.25) is 4.90 Å². The summed E-state index contributed by atoms with van der Waals surface area (Å²) in [5.74, 6) is 2.58. The fraction of sp³-hybridized carbons (Fsp3) is 0.379. The Morgan fingerprint density at radius 3 is 2.30 bits per heavy atom. The van der Waals surface area contributed by atoms with Gasteiger partial charge in [0.25, 0.3) is 0 Å². The predicted molar refractivity (Wildman–Crippen MR) is 143 cm³/mol. The number of hydrogen-bond donors (Lipinski definition) is 0. The number of benzene rings is 2. The molecule has 3 aromatic rings. The minimum atomic E-state index is -0.325. The zero-order chi connectivity index (χ0) is 26.2. The highest BCUT2D eigenvalue weighted by Gasteiger charge is 2.23. The third-order valence-corrected chi connectivity index (χ3v) is 6.20. The molecule has 1 aliphatic rings. The van der Waals surface area contributed by atoms with E-state index in [-0.39, 0.29) is 12.1 Å². The van der Waals surface area contributed by atoms with E-state index in [1.807, 2.05) is 44.2 Å². The molecule has 1 saturated heterocycles. The zero-order valence-electron chi connectivity index (χ0n) is 22.0. The van der Waals surface area contributed by atoms with Crippen molar-refractivity contribution in [1.29, 1.82) is 0 Å². The van der Waals surface area contributed by atoms with Gasteiger partial charge >= 0.3 is 5.97 Å². The Hall–Kier alpha value is -3.78. The van der Waals surface area contributed by atoms with E-state index in [0.29, 0.717) is 29.5 Å². The van der Waals surface area contributed by atoms with Crippen LogP contribution in [0.3, 0.4) is 0 Å². The van der Waals surface area contributed by atoms with E-state index in [0.717, 1.165) is 44.0 Å². The van der Waals surface area contributed by atoms with Crippen LogP contribution in [-0.2, 0) is 17.9 Å². The van der Waals surface area contributed by atoms with Crippen LogP contribution in [0, 0.1) is 0 Å². The molecule has 0 atom stereocenters. The van der Waals surface area contributed by atoms with Gasteiger partial charge < -0.3 is 23.8 Å². The van der Waals surface area contributed by atoms with Gasteiger partial charge in [-0.05, 0) is 61.4 Å². The number of carbonyl (C=O) groups excluding carboxylic acids is 1. The number of ether oxygens (including phenoxy) is 4. The van der Waals surface area contributed by atoms with Gasteiger partial charge in [-0.2, -0.15) is 0 Å². The molecule has 1 fully saturated rings. The van der Waals surface area contributed by atoms with Gasteiger partial charge in [0.1, 0.15) is 23.7 Å². The van der Waals surface area contributed by atoms with E-state index in [9.17, 15) is 4.79 Å². The first-order valence-corrected chi connectivity index (χ1v) is 12.5. The topological polar surface area (TPSA) is 73.4 Å². The van der Waals surface area contributed by atoms with E-state index in [1.54, 1.807) is 32.5 Å². The van der Waals surface area contributed by atoms with Crippen molar-refractivity contribution >= 4 is 11.8 Å². The maximum atomic E-state index is 12.5. The second-order valence-electron chi connectivity index (χ2n) is 9.21. The first-order chi connectivity index (χ1) is 18.0. The van der Waals surface area contributed by atoms with E-state index in [2.05, 4.69) is 26.9 Å². The van der Waals surface area contributed by atoms with Gasteiger partial charge in [0, 0.05) is 38.9 Å².